The molecule has 5 aromatic rings. The van der Waals surface area contributed by atoms with Crippen molar-refractivity contribution in [2.45, 2.75) is 141 Å². The van der Waals surface area contributed by atoms with Gasteiger partial charge in [0.1, 0.15) is 18.8 Å². The average Bonchev–Trinajstić information content (AvgIpc) is 1.50. The molecule has 7 rings (SSSR count). The molecule has 20 nitrogen and oxygen atoms in total. The molecule has 2 aliphatic heterocycles. The van der Waals surface area contributed by atoms with Gasteiger partial charge in [-0.15, -0.1) is 0 Å². The number of carbonyl (C=O) groups is 6. The maximum atomic E-state index is 14.7. The number of carbonyl (C=O) groups excluding carboxylic acids is 6. The molecule has 2 aliphatic rings. The molecule has 0 aliphatic carbocycles. The Bertz CT molecular complexity index is 3030. The van der Waals surface area contributed by atoms with Gasteiger partial charge in [-0.1, -0.05) is 163 Å². The standard InChI is InChI=1S/C64H78O20Si2/c1-40(65)77-55-52(37-75-85(62(6,7)8,46-27-19-15-20-28-46)47-29-21-16-22-30-47)82-61(58(80-43(4)68)57(55)79-42(3)67)84-64(39-74-60(70)45-35-50(71-12)54(73-14)51(36-45)72-13)59(81-44(5)69)56(78-41(2)66)53(83-64)38-76-86(63(9,10)11,48-31-23-17-24-32-48)49-33-25-18-26-34-49/h15-36,52-53,55-59,61H,37-39H2,1-14H3/t52-,53-,55-,56-,57+,58-,59+,61-,64+/m1/s1. The van der Waals surface area contributed by atoms with E-state index in [0.717, 1.165) is 55.4 Å². The average molecular weight is 1220 g/mol. The molecule has 0 unspecified atom stereocenters. The van der Waals surface area contributed by atoms with Crippen molar-refractivity contribution < 1.29 is 94.5 Å². The first-order valence-electron chi connectivity index (χ1n) is 28.1. The summed E-state index contributed by atoms with van der Waals surface area (Å²) in [6, 6.07) is 41.3. The van der Waals surface area contributed by atoms with Gasteiger partial charge in [0.25, 0.3) is 16.6 Å². The third-order valence-corrected chi connectivity index (χ3v) is 24.9. The van der Waals surface area contributed by atoms with E-state index in [1.165, 1.54) is 33.5 Å². The van der Waals surface area contributed by atoms with E-state index >= 15 is 0 Å². The van der Waals surface area contributed by atoms with E-state index in [1.54, 1.807) is 0 Å². The van der Waals surface area contributed by atoms with Crippen LogP contribution < -0.4 is 35.0 Å². The number of rotatable bonds is 23. The Balaban J connectivity index is 1.45. The van der Waals surface area contributed by atoms with Crippen molar-refractivity contribution in [3.05, 3.63) is 139 Å². The molecule has 5 aromatic carbocycles. The van der Waals surface area contributed by atoms with Crippen LogP contribution in [0, 0.1) is 0 Å². The van der Waals surface area contributed by atoms with E-state index in [-0.39, 0.29) is 29.4 Å². The summed E-state index contributed by atoms with van der Waals surface area (Å²) in [5, 5.41) is 2.30. The second-order valence-electron chi connectivity index (χ2n) is 22.9. The largest absolute Gasteiger partial charge is 0.493 e. The van der Waals surface area contributed by atoms with E-state index in [4.69, 9.17) is 65.7 Å². The molecule has 0 amide bonds. The lowest BCUT2D eigenvalue weighted by Crippen LogP contribution is -2.69. The van der Waals surface area contributed by atoms with Gasteiger partial charge in [0.2, 0.25) is 17.8 Å². The topological polar surface area (TPSA) is 232 Å². The molecule has 0 spiro atoms. The van der Waals surface area contributed by atoms with Crippen LogP contribution in [-0.2, 0) is 75.5 Å². The Morgan fingerprint density at radius 3 is 1.22 bits per heavy atom. The second-order valence-corrected chi connectivity index (χ2v) is 31.5. The third kappa shape index (κ3) is 14.3. The predicted molar refractivity (Wildman–Crippen MR) is 319 cm³/mol. The highest BCUT2D eigenvalue weighted by Crippen LogP contribution is 2.45. The molecule has 0 N–H and O–H groups in total. The number of benzene rings is 5. The van der Waals surface area contributed by atoms with Gasteiger partial charge in [-0.25, -0.2) is 4.79 Å². The van der Waals surface area contributed by atoms with E-state index in [1.807, 2.05) is 121 Å². The summed E-state index contributed by atoms with van der Waals surface area (Å²) in [5.41, 5.74) is -0.119. The van der Waals surface area contributed by atoms with E-state index < -0.39 is 131 Å². The third-order valence-electron chi connectivity index (χ3n) is 14.9. The van der Waals surface area contributed by atoms with Gasteiger partial charge < -0.3 is 65.7 Å². The van der Waals surface area contributed by atoms with Crippen LogP contribution in [0.4, 0.5) is 0 Å². The summed E-state index contributed by atoms with van der Waals surface area (Å²) in [6.07, 6.45) is -13.5. The second kappa shape index (κ2) is 27.9. The highest BCUT2D eigenvalue weighted by molar-refractivity contribution is 7.00. The highest BCUT2D eigenvalue weighted by atomic mass is 28.4. The Kier molecular flexibility index (Phi) is 21.5. The van der Waals surface area contributed by atoms with Crippen LogP contribution in [-0.4, -0.2) is 148 Å². The Morgan fingerprint density at radius 1 is 0.477 bits per heavy atom. The lowest BCUT2D eigenvalue weighted by atomic mass is 9.97. The highest BCUT2D eigenvalue weighted by Gasteiger charge is 2.66. The molecule has 9 atom stereocenters. The normalized spacial score (nSPS) is 22.3. The first-order chi connectivity index (χ1) is 40.7. The van der Waals surface area contributed by atoms with Gasteiger partial charge in [0.15, 0.2) is 42.0 Å². The van der Waals surface area contributed by atoms with E-state index in [0.29, 0.717) is 0 Å². The lowest BCUT2D eigenvalue weighted by molar-refractivity contribution is -0.383. The van der Waals surface area contributed by atoms with Gasteiger partial charge in [-0.05, 0) is 43.0 Å². The fourth-order valence-electron chi connectivity index (χ4n) is 11.5. The molecular formula is C64H78O20Si2. The molecule has 0 saturated carbocycles. The molecule has 462 valence electrons. The summed E-state index contributed by atoms with van der Waals surface area (Å²) < 4.78 is 89.0. The maximum absolute atomic E-state index is 14.7. The zero-order valence-corrected chi connectivity index (χ0v) is 53.1. The van der Waals surface area contributed by atoms with Crippen molar-refractivity contribution in [1.29, 1.82) is 0 Å². The monoisotopic (exact) mass is 1220 g/mol. The number of hydrogen-bond acceptors (Lipinski definition) is 20. The van der Waals surface area contributed by atoms with Crippen LogP contribution in [0.15, 0.2) is 133 Å². The Morgan fingerprint density at radius 2 is 0.849 bits per heavy atom. The molecule has 0 aromatic heterocycles. The van der Waals surface area contributed by atoms with Crippen molar-refractivity contribution in [2.75, 3.05) is 41.2 Å². The van der Waals surface area contributed by atoms with Gasteiger partial charge in [0, 0.05) is 34.6 Å². The van der Waals surface area contributed by atoms with Gasteiger partial charge >= 0.3 is 35.8 Å². The quantitative estimate of drug-likeness (QED) is 0.0385. The van der Waals surface area contributed by atoms with Crippen molar-refractivity contribution >= 4 is 73.2 Å². The van der Waals surface area contributed by atoms with E-state index in [9.17, 15) is 28.8 Å². The molecule has 2 saturated heterocycles. The SMILES string of the molecule is COc1cc(C(=O)OC[C@@]2(O[C@H]3O[C@H](CO[Si](c4ccccc4)(c4ccccc4)C(C)(C)C)[C@@H](OC(C)=O)[C@H](OC(C)=O)[C@H]3OC(C)=O)O[C@H](CO[Si](c3ccccc3)(c3ccccc3)C(C)(C)C)[C@@H](OC(C)=O)[C@@H]2OC(C)=O)cc(OC)c1OC. The van der Waals surface area contributed by atoms with Crippen molar-refractivity contribution in [2.24, 2.45) is 0 Å². The molecule has 0 radical (unpaired) electrons. The van der Waals surface area contributed by atoms with Gasteiger partial charge in [-0.3, -0.25) is 24.0 Å². The minimum Gasteiger partial charge on any atom is -0.493 e. The van der Waals surface area contributed by atoms with Gasteiger partial charge in [0.05, 0.1) is 40.1 Å². The predicted octanol–water partition coefficient (Wildman–Crippen LogP) is 6.52. The molecule has 86 heavy (non-hydrogen) atoms. The smallest absolute Gasteiger partial charge is 0.338 e. The first-order valence-corrected chi connectivity index (χ1v) is 31.9. The first kappa shape index (κ1) is 66.1. The van der Waals surface area contributed by atoms with Crippen molar-refractivity contribution in [3.63, 3.8) is 0 Å². The minimum atomic E-state index is -3.48. The zero-order chi connectivity index (χ0) is 62.8. The number of esters is 6. The summed E-state index contributed by atoms with van der Waals surface area (Å²) in [4.78, 5) is 82.1. The number of hydrogen-bond donors (Lipinski definition) is 0. The van der Waals surface area contributed by atoms with Crippen LogP contribution in [0.3, 0.4) is 0 Å². The summed E-state index contributed by atoms with van der Waals surface area (Å²) in [6.45, 7) is 16.1. The van der Waals surface area contributed by atoms with Crippen molar-refractivity contribution in [1.82, 2.24) is 0 Å². The zero-order valence-electron chi connectivity index (χ0n) is 51.1. The molecule has 22 heteroatoms. The fraction of sp³-hybridized carbons (Fsp3) is 0.438. The minimum absolute atomic E-state index is 0.0974. The van der Waals surface area contributed by atoms with Crippen LogP contribution in [0.5, 0.6) is 17.2 Å². The summed E-state index contributed by atoms with van der Waals surface area (Å²) in [5.74, 6) is -7.75. The van der Waals surface area contributed by atoms with Crippen LogP contribution >= 0.6 is 0 Å². The van der Waals surface area contributed by atoms with Crippen LogP contribution in [0.1, 0.15) is 86.5 Å². The van der Waals surface area contributed by atoms with Gasteiger partial charge in [-0.2, -0.15) is 0 Å². The molecule has 0 bridgehead atoms. The summed E-state index contributed by atoms with van der Waals surface area (Å²) in [7, 11) is -2.84. The van der Waals surface area contributed by atoms with Crippen LogP contribution in [0.2, 0.25) is 10.1 Å². The number of methoxy groups -OCH3 is 3. The van der Waals surface area contributed by atoms with E-state index in [2.05, 4.69) is 41.5 Å². The fourth-order valence-corrected chi connectivity index (χ4v) is 20.7. The Labute approximate surface area is 504 Å². The Hall–Kier alpha value is -7.45. The number of ether oxygens (including phenoxy) is 12. The summed E-state index contributed by atoms with van der Waals surface area (Å²) >= 11 is 0. The maximum Gasteiger partial charge on any atom is 0.338 e. The van der Waals surface area contributed by atoms with Crippen molar-refractivity contribution in [3.8, 4) is 17.2 Å². The van der Waals surface area contributed by atoms with Crippen LogP contribution in [0.25, 0.3) is 0 Å². The molecular weight excluding hydrogens is 1140 g/mol. The molecule has 2 heterocycles. The molecule has 2 fully saturated rings. The lowest BCUT2D eigenvalue weighted by Gasteiger charge is -2.48.